The van der Waals surface area contributed by atoms with E-state index in [-0.39, 0.29) is 36.9 Å². The van der Waals surface area contributed by atoms with Gasteiger partial charge in [0.2, 0.25) is 11.8 Å². The van der Waals surface area contributed by atoms with Crippen LogP contribution in [-0.4, -0.2) is 54.9 Å². The van der Waals surface area contributed by atoms with Crippen molar-refractivity contribution in [1.29, 1.82) is 0 Å². The summed E-state index contributed by atoms with van der Waals surface area (Å²) in [6, 6.07) is 4.72. The van der Waals surface area contributed by atoms with Crippen LogP contribution in [0.4, 0.5) is 0 Å². The molecule has 1 fully saturated rings. The number of halogens is 1. The van der Waals surface area contributed by atoms with Gasteiger partial charge in [-0.05, 0) is 62.1 Å². The minimum atomic E-state index is -0.247. The first kappa shape index (κ1) is 24.4. The molecule has 2 N–H and O–H groups in total. The molecule has 1 saturated carbocycles. The summed E-state index contributed by atoms with van der Waals surface area (Å²) in [4.78, 5) is 39.9. The second-order valence-corrected chi connectivity index (χ2v) is 9.71. The quantitative estimate of drug-likeness (QED) is 0.716. The summed E-state index contributed by atoms with van der Waals surface area (Å²) in [5, 5.41) is 6.41. The minimum Gasteiger partial charge on any atom is -0.491 e. The molecule has 1 aromatic rings. The first-order chi connectivity index (χ1) is 15.3. The van der Waals surface area contributed by atoms with E-state index in [1.807, 2.05) is 0 Å². The number of amides is 3. The maximum Gasteiger partial charge on any atom is 0.255 e. The average molecular weight is 464 g/mol. The van der Waals surface area contributed by atoms with Crippen molar-refractivity contribution in [2.24, 2.45) is 11.8 Å². The van der Waals surface area contributed by atoms with Gasteiger partial charge in [0, 0.05) is 24.5 Å². The van der Waals surface area contributed by atoms with Gasteiger partial charge in [-0.15, -0.1) is 0 Å². The molecular formula is C24H34ClN3O4. The molecule has 0 unspecified atom stereocenters. The molecule has 1 aromatic carbocycles. The Morgan fingerprint density at radius 1 is 1.25 bits per heavy atom. The van der Waals surface area contributed by atoms with Crippen LogP contribution in [0.2, 0.25) is 5.02 Å². The molecule has 1 heterocycles. The maximum atomic E-state index is 12.8. The Bertz CT molecular complexity index is 825. The summed E-state index contributed by atoms with van der Waals surface area (Å²) in [5.74, 6) is 0.855. The van der Waals surface area contributed by atoms with Gasteiger partial charge in [-0.3, -0.25) is 14.4 Å². The van der Waals surface area contributed by atoms with Crippen LogP contribution in [0.25, 0.3) is 0 Å². The number of benzene rings is 1. The highest BCUT2D eigenvalue weighted by molar-refractivity contribution is 6.31. The Hall–Kier alpha value is -2.28. The number of fused-ring (bicyclic) bond motifs is 1. The van der Waals surface area contributed by atoms with Crippen LogP contribution in [0.5, 0.6) is 5.75 Å². The van der Waals surface area contributed by atoms with Crippen LogP contribution in [-0.2, 0) is 9.59 Å². The van der Waals surface area contributed by atoms with Gasteiger partial charge >= 0.3 is 0 Å². The number of hydrogen-bond acceptors (Lipinski definition) is 4. The zero-order valence-corrected chi connectivity index (χ0v) is 19.7. The maximum absolute atomic E-state index is 12.8. The van der Waals surface area contributed by atoms with Gasteiger partial charge in [0.25, 0.3) is 5.91 Å². The van der Waals surface area contributed by atoms with E-state index in [9.17, 15) is 14.4 Å². The highest BCUT2D eigenvalue weighted by Gasteiger charge is 2.28. The van der Waals surface area contributed by atoms with Crippen molar-refractivity contribution >= 4 is 29.3 Å². The predicted octanol–water partition coefficient (Wildman–Crippen LogP) is 3.40. The first-order valence-corrected chi connectivity index (χ1v) is 12.0. The third-order valence-electron chi connectivity index (χ3n) is 5.74. The molecular weight excluding hydrogens is 430 g/mol. The van der Waals surface area contributed by atoms with Crippen molar-refractivity contribution in [2.45, 2.75) is 58.4 Å². The van der Waals surface area contributed by atoms with Crippen LogP contribution in [0, 0.1) is 11.8 Å². The molecule has 3 amide bonds. The summed E-state index contributed by atoms with van der Waals surface area (Å²) in [6.45, 7) is 5.41. The lowest BCUT2D eigenvalue weighted by Crippen LogP contribution is -2.46. The predicted molar refractivity (Wildman–Crippen MR) is 124 cm³/mol. The zero-order valence-electron chi connectivity index (χ0n) is 19.0. The SMILES string of the molecule is CC(C)C[C@@H]1COc2ccc(Cl)cc2C(=O)NCCCCN(C(=O)CC2CC2)CC(=O)N1. The lowest BCUT2D eigenvalue weighted by atomic mass is 10.0. The lowest BCUT2D eigenvalue weighted by molar-refractivity contribution is -0.136. The van der Waals surface area contributed by atoms with E-state index in [4.69, 9.17) is 16.3 Å². The fourth-order valence-electron chi connectivity index (χ4n) is 3.89. The van der Waals surface area contributed by atoms with E-state index in [2.05, 4.69) is 24.5 Å². The van der Waals surface area contributed by atoms with Gasteiger partial charge in [0.15, 0.2) is 0 Å². The molecule has 1 aliphatic heterocycles. The normalized spacial score (nSPS) is 21.0. The number of ether oxygens (including phenoxy) is 1. The number of rotatable bonds is 4. The van der Waals surface area contributed by atoms with Crippen LogP contribution >= 0.6 is 11.6 Å². The van der Waals surface area contributed by atoms with Gasteiger partial charge in [-0.25, -0.2) is 0 Å². The molecule has 176 valence electrons. The summed E-state index contributed by atoms with van der Waals surface area (Å²) in [5.41, 5.74) is 0.378. The largest absolute Gasteiger partial charge is 0.491 e. The molecule has 8 heteroatoms. The third kappa shape index (κ3) is 7.69. The molecule has 0 bridgehead atoms. The van der Waals surface area contributed by atoms with E-state index in [1.54, 1.807) is 23.1 Å². The fourth-order valence-corrected chi connectivity index (χ4v) is 4.07. The Morgan fingerprint density at radius 2 is 2.03 bits per heavy atom. The zero-order chi connectivity index (χ0) is 23.1. The highest BCUT2D eigenvalue weighted by Crippen LogP contribution is 2.33. The van der Waals surface area contributed by atoms with Crippen molar-refractivity contribution in [3.8, 4) is 5.75 Å². The van der Waals surface area contributed by atoms with Crippen molar-refractivity contribution in [2.75, 3.05) is 26.2 Å². The average Bonchev–Trinajstić information content (AvgIpc) is 3.54. The van der Waals surface area contributed by atoms with Gasteiger partial charge in [0.1, 0.15) is 12.4 Å². The van der Waals surface area contributed by atoms with Crippen LogP contribution < -0.4 is 15.4 Å². The van der Waals surface area contributed by atoms with Crippen LogP contribution in [0.1, 0.15) is 62.7 Å². The lowest BCUT2D eigenvalue weighted by Gasteiger charge is -2.25. The monoisotopic (exact) mass is 463 g/mol. The third-order valence-corrected chi connectivity index (χ3v) is 5.97. The summed E-state index contributed by atoms with van der Waals surface area (Å²) >= 11 is 6.11. The fraction of sp³-hybridized carbons (Fsp3) is 0.625. The van der Waals surface area contributed by atoms with Gasteiger partial charge in [0.05, 0.1) is 18.2 Å². The number of carbonyl (C=O) groups excluding carboxylic acids is 3. The number of hydrogen-bond donors (Lipinski definition) is 2. The van der Waals surface area contributed by atoms with Crippen molar-refractivity contribution in [1.82, 2.24) is 15.5 Å². The van der Waals surface area contributed by atoms with E-state index >= 15 is 0 Å². The van der Waals surface area contributed by atoms with E-state index in [1.165, 1.54) is 0 Å². The summed E-state index contributed by atoms with van der Waals surface area (Å²) < 4.78 is 5.97. The molecule has 0 aromatic heterocycles. The molecule has 0 radical (unpaired) electrons. The standard InChI is InChI=1S/C24H34ClN3O4/c1-16(2)11-19-15-32-21-8-7-18(25)13-20(21)24(31)26-9-3-4-10-28(14-22(29)27-19)23(30)12-17-5-6-17/h7-8,13,16-17,19H,3-6,9-12,14-15H2,1-2H3,(H,26,31)(H,27,29)/t19-/m1/s1. The van der Waals surface area contributed by atoms with Crippen molar-refractivity contribution in [3.05, 3.63) is 28.8 Å². The topological polar surface area (TPSA) is 87.7 Å². The molecule has 1 atom stereocenters. The van der Waals surface area contributed by atoms with Gasteiger partial charge in [-0.1, -0.05) is 25.4 Å². The molecule has 2 aliphatic rings. The van der Waals surface area contributed by atoms with Crippen LogP contribution in [0.15, 0.2) is 18.2 Å². The molecule has 32 heavy (non-hydrogen) atoms. The van der Waals surface area contributed by atoms with E-state index < -0.39 is 0 Å². The second-order valence-electron chi connectivity index (χ2n) is 9.27. The van der Waals surface area contributed by atoms with Gasteiger partial charge in [-0.2, -0.15) is 0 Å². The molecule has 0 spiro atoms. The van der Waals surface area contributed by atoms with Crippen molar-refractivity contribution in [3.63, 3.8) is 0 Å². The Kier molecular flexibility index (Phi) is 8.79. The first-order valence-electron chi connectivity index (χ1n) is 11.6. The second kappa shape index (κ2) is 11.5. The number of nitrogens with zero attached hydrogens (tertiary/aromatic N) is 1. The Balaban J connectivity index is 1.76. The molecule has 0 saturated heterocycles. The van der Waals surface area contributed by atoms with E-state index in [0.717, 1.165) is 19.3 Å². The summed E-state index contributed by atoms with van der Waals surface area (Å²) in [7, 11) is 0. The molecule has 1 aliphatic carbocycles. The summed E-state index contributed by atoms with van der Waals surface area (Å²) in [6.07, 6.45) is 4.83. The molecule has 3 rings (SSSR count). The van der Waals surface area contributed by atoms with Crippen molar-refractivity contribution < 1.29 is 19.1 Å². The number of nitrogens with one attached hydrogen (secondary N) is 2. The Labute approximate surface area is 195 Å². The molecule has 7 nitrogen and oxygen atoms in total. The highest BCUT2D eigenvalue weighted by atomic mass is 35.5. The van der Waals surface area contributed by atoms with E-state index in [0.29, 0.717) is 60.5 Å². The smallest absolute Gasteiger partial charge is 0.255 e. The minimum absolute atomic E-state index is 0.0368. The Morgan fingerprint density at radius 3 is 2.75 bits per heavy atom. The van der Waals surface area contributed by atoms with Crippen LogP contribution in [0.3, 0.4) is 0 Å². The van der Waals surface area contributed by atoms with Gasteiger partial charge < -0.3 is 20.3 Å². The number of carbonyl (C=O) groups is 3.